The van der Waals surface area contributed by atoms with Gasteiger partial charge in [0, 0.05) is 17.7 Å². The number of nitrogens with one attached hydrogen (secondary N) is 1. The van der Waals surface area contributed by atoms with Crippen LogP contribution in [0, 0.1) is 17.0 Å². The average Bonchev–Trinajstić information content (AvgIpc) is 2.53. The van der Waals surface area contributed by atoms with Gasteiger partial charge in [0.1, 0.15) is 0 Å². The van der Waals surface area contributed by atoms with E-state index in [-0.39, 0.29) is 16.1 Å². The molecule has 0 unspecified atom stereocenters. The largest absolute Gasteiger partial charge is 0.290 e. The maximum absolute atomic E-state index is 12.2. The van der Waals surface area contributed by atoms with Gasteiger partial charge in [-0.25, -0.2) is 0 Å². The molecule has 0 aliphatic heterocycles. The van der Waals surface area contributed by atoms with Crippen LogP contribution in [0.3, 0.4) is 0 Å². The molecule has 0 aliphatic rings. The van der Waals surface area contributed by atoms with Crippen molar-refractivity contribution in [2.75, 3.05) is 0 Å². The van der Waals surface area contributed by atoms with Crippen molar-refractivity contribution in [1.82, 2.24) is 5.48 Å². The van der Waals surface area contributed by atoms with Gasteiger partial charge in [-0.15, -0.1) is 4.40 Å². The molecule has 2 rings (SSSR count). The molecule has 0 heterocycles. The Bertz CT molecular complexity index is 860. The first-order valence-corrected chi connectivity index (χ1v) is 7.84. The molecule has 0 spiro atoms. The monoisotopic (exact) mass is 335 g/mol. The zero-order valence-corrected chi connectivity index (χ0v) is 12.8. The molecule has 2 aromatic carbocycles. The van der Waals surface area contributed by atoms with Crippen LogP contribution in [-0.2, 0) is 10.0 Å². The number of hydroxylamine groups is 1. The van der Waals surface area contributed by atoms with E-state index in [0.717, 1.165) is 11.6 Å². The minimum Gasteiger partial charge on any atom is -0.290 e. The van der Waals surface area contributed by atoms with Crippen molar-refractivity contribution in [3.63, 3.8) is 0 Å². The highest BCUT2D eigenvalue weighted by molar-refractivity contribution is 7.90. The van der Waals surface area contributed by atoms with E-state index in [9.17, 15) is 18.5 Å². The van der Waals surface area contributed by atoms with Crippen LogP contribution in [-0.4, -0.2) is 24.4 Å². The number of non-ortho nitro benzene ring substituents is 1. The molecule has 0 saturated carbocycles. The van der Waals surface area contributed by atoms with E-state index in [1.54, 1.807) is 17.6 Å². The van der Waals surface area contributed by atoms with E-state index in [1.807, 2.05) is 6.92 Å². The third-order valence-electron chi connectivity index (χ3n) is 2.97. The Morgan fingerprint density at radius 2 is 1.87 bits per heavy atom. The summed E-state index contributed by atoms with van der Waals surface area (Å²) in [5.74, 6) is -0.408. The minimum atomic E-state index is -4.07. The number of nitro benzene ring substituents is 1. The van der Waals surface area contributed by atoms with E-state index >= 15 is 0 Å². The van der Waals surface area contributed by atoms with Gasteiger partial charge in [-0.1, -0.05) is 29.8 Å². The fourth-order valence-corrected chi connectivity index (χ4v) is 2.76. The molecule has 0 aromatic heterocycles. The summed E-state index contributed by atoms with van der Waals surface area (Å²) in [6.45, 7) is 1.81. The third-order valence-corrected chi connectivity index (χ3v) is 4.26. The molecule has 0 atom stereocenters. The maximum atomic E-state index is 12.2. The Morgan fingerprint density at radius 3 is 2.43 bits per heavy atom. The van der Waals surface area contributed by atoms with Gasteiger partial charge in [0.2, 0.25) is 0 Å². The van der Waals surface area contributed by atoms with Crippen LogP contribution in [0.4, 0.5) is 5.69 Å². The second kappa shape index (κ2) is 6.55. The van der Waals surface area contributed by atoms with Crippen molar-refractivity contribution in [2.24, 2.45) is 4.40 Å². The van der Waals surface area contributed by atoms with Crippen LogP contribution in [0.15, 0.2) is 57.8 Å². The van der Waals surface area contributed by atoms with Crippen LogP contribution in [0.5, 0.6) is 0 Å². The number of nitro groups is 1. The molecule has 9 heteroatoms. The molecule has 0 saturated heterocycles. The molecule has 0 amide bonds. The summed E-state index contributed by atoms with van der Waals surface area (Å²) in [5, 5.41) is 19.9. The van der Waals surface area contributed by atoms with E-state index < -0.39 is 20.8 Å². The van der Waals surface area contributed by atoms with E-state index in [1.165, 1.54) is 30.3 Å². The highest BCUT2D eigenvalue weighted by atomic mass is 32.2. The number of amidine groups is 1. The van der Waals surface area contributed by atoms with Crippen molar-refractivity contribution in [3.8, 4) is 0 Å². The molecular weight excluding hydrogens is 322 g/mol. The molecule has 0 radical (unpaired) electrons. The topological polar surface area (TPSA) is 122 Å². The fraction of sp³-hybridized carbons (Fsp3) is 0.0714. The smallest absolute Gasteiger partial charge is 0.284 e. The summed E-state index contributed by atoms with van der Waals surface area (Å²) in [6.07, 6.45) is 0. The Balaban J connectivity index is 2.47. The van der Waals surface area contributed by atoms with Crippen molar-refractivity contribution in [3.05, 3.63) is 69.8 Å². The lowest BCUT2D eigenvalue weighted by molar-refractivity contribution is -0.384. The molecule has 0 aliphatic carbocycles. The summed E-state index contributed by atoms with van der Waals surface area (Å²) < 4.78 is 28.0. The average molecular weight is 335 g/mol. The highest BCUT2D eigenvalue weighted by Crippen LogP contribution is 2.17. The van der Waals surface area contributed by atoms with Crippen molar-refractivity contribution in [2.45, 2.75) is 11.8 Å². The second-order valence-corrected chi connectivity index (χ2v) is 6.25. The summed E-state index contributed by atoms with van der Waals surface area (Å²) in [6, 6.07) is 11.1. The molecule has 0 bridgehead atoms. The summed E-state index contributed by atoms with van der Waals surface area (Å²) >= 11 is 0. The first-order chi connectivity index (χ1) is 10.8. The van der Waals surface area contributed by atoms with Crippen LogP contribution in [0.25, 0.3) is 0 Å². The lowest BCUT2D eigenvalue weighted by Gasteiger charge is -2.06. The van der Waals surface area contributed by atoms with Crippen LogP contribution in [0.1, 0.15) is 11.1 Å². The molecule has 0 fully saturated rings. The fourth-order valence-electron chi connectivity index (χ4n) is 1.79. The van der Waals surface area contributed by atoms with Gasteiger partial charge in [0.05, 0.1) is 9.82 Å². The SMILES string of the molecule is Cc1ccc(S(=O)(=O)/N=C(\NO)c2cccc([N+](=O)[O-])c2)cc1. The molecular formula is C14H13N3O5S. The minimum absolute atomic E-state index is 0.0544. The normalized spacial score (nSPS) is 12.0. The Hall–Kier alpha value is -2.78. The van der Waals surface area contributed by atoms with Gasteiger partial charge < -0.3 is 0 Å². The molecule has 120 valence electrons. The summed E-state index contributed by atoms with van der Waals surface area (Å²) in [7, 11) is -4.07. The number of hydrogen-bond donors (Lipinski definition) is 2. The van der Waals surface area contributed by atoms with Crippen LogP contribution < -0.4 is 5.48 Å². The molecule has 23 heavy (non-hydrogen) atoms. The summed E-state index contributed by atoms with van der Waals surface area (Å²) in [4.78, 5) is 10.1. The van der Waals surface area contributed by atoms with Gasteiger partial charge in [-0.2, -0.15) is 8.42 Å². The molecule has 2 aromatic rings. The van der Waals surface area contributed by atoms with Crippen molar-refractivity contribution < 1.29 is 18.5 Å². The Morgan fingerprint density at radius 1 is 1.22 bits per heavy atom. The number of hydrogen-bond acceptors (Lipinski definition) is 5. The standard InChI is InChI=1S/C14H13N3O5S/c1-10-5-7-13(8-6-10)23(21,22)16-14(15-18)11-3-2-4-12(9-11)17(19)20/h2-9,18H,1H3,(H,15,16). The van der Waals surface area contributed by atoms with Gasteiger partial charge in [-0.05, 0) is 19.1 Å². The van der Waals surface area contributed by atoms with Gasteiger partial charge >= 0.3 is 0 Å². The zero-order valence-electron chi connectivity index (χ0n) is 12.0. The van der Waals surface area contributed by atoms with E-state index in [4.69, 9.17) is 5.21 Å². The lowest BCUT2D eigenvalue weighted by Crippen LogP contribution is -2.22. The lowest BCUT2D eigenvalue weighted by atomic mass is 10.2. The Labute approximate surface area is 132 Å². The predicted octanol–water partition coefficient (Wildman–Crippen LogP) is 2.02. The second-order valence-electron chi connectivity index (χ2n) is 4.65. The highest BCUT2D eigenvalue weighted by Gasteiger charge is 2.16. The molecule has 8 nitrogen and oxygen atoms in total. The summed E-state index contributed by atoms with van der Waals surface area (Å²) in [5.41, 5.74) is 2.37. The van der Waals surface area contributed by atoms with Crippen LogP contribution in [0.2, 0.25) is 0 Å². The van der Waals surface area contributed by atoms with Crippen molar-refractivity contribution in [1.29, 1.82) is 0 Å². The van der Waals surface area contributed by atoms with E-state index in [2.05, 4.69) is 4.40 Å². The quantitative estimate of drug-likeness (QED) is 0.381. The third kappa shape index (κ3) is 3.90. The number of nitrogens with zero attached hydrogens (tertiary/aromatic N) is 2. The first-order valence-electron chi connectivity index (χ1n) is 6.40. The zero-order chi connectivity index (χ0) is 17.0. The first kappa shape index (κ1) is 16.6. The number of benzene rings is 2. The van der Waals surface area contributed by atoms with Crippen molar-refractivity contribution >= 4 is 21.5 Å². The van der Waals surface area contributed by atoms with Gasteiger partial charge in [0.25, 0.3) is 15.7 Å². The van der Waals surface area contributed by atoms with Gasteiger partial charge in [-0.3, -0.25) is 20.8 Å². The number of aryl methyl sites for hydroxylation is 1. The Kier molecular flexibility index (Phi) is 4.72. The van der Waals surface area contributed by atoms with E-state index in [0.29, 0.717) is 0 Å². The predicted molar refractivity (Wildman–Crippen MR) is 82.9 cm³/mol. The maximum Gasteiger partial charge on any atom is 0.284 e. The number of sulfonamides is 1. The number of rotatable bonds is 4. The van der Waals surface area contributed by atoms with Crippen LogP contribution >= 0.6 is 0 Å². The van der Waals surface area contributed by atoms with Gasteiger partial charge in [0.15, 0.2) is 5.84 Å². The molecule has 2 N–H and O–H groups in total.